The van der Waals surface area contributed by atoms with Crippen molar-refractivity contribution < 1.29 is 21.6 Å². The molecule has 2 heterocycles. The third-order valence-corrected chi connectivity index (χ3v) is 7.41. The van der Waals surface area contributed by atoms with Crippen LogP contribution in [0.25, 0.3) is 0 Å². The third kappa shape index (κ3) is 5.46. The first-order chi connectivity index (χ1) is 13.1. The summed E-state index contributed by atoms with van der Waals surface area (Å²) in [6.07, 6.45) is -0.203. The van der Waals surface area contributed by atoms with Crippen LogP contribution in [0.15, 0.2) is 24.3 Å². The molecule has 5 nitrogen and oxygen atoms in total. The molecule has 0 spiro atoms. The first kappa shape index (κ1) is 21.5. The average molecular weight is 420 g/mol. The first-order valence-corrected chi connectivity index (χ1v) is 11.3. The predicted octanol–water partition coefficient (Wildman–Crippen LogP) is 3.38. The number of piperidine rings is 2. The molecule has 1 N–H and O–H groups in total. The van der Waals surface area contributed by atoms with Gasteiger partial charge in [-0.3, -0.25) is 4.90 Å². The second kappa shape index (κ2) is 8.69. The average Bonchev–Trinajstić information content (AvgIpc) is 2.63. The number of alkyl halides is 3. The van der Waals surface area contributed by atoms with E-state index in [1.54, 1.807) is 10.4 Å². The van der Waals surface area contributed by atoms with Crippen LogP contribution in [0.3, 0.4) is 0 Å². The normalized spacial score (nSPS) is 23.8. The minimum atomic E-state index is -4.34. The SMILES string of the molecule is C[C@@H]1CCCCN1S(=O)(=O)NC1CCN(Cc2cccc(C(F)(F)F)c2)CC1. The minimum Gasteiger partial charge on any atom is -0.299 e. The Balaban J connectivity index is 1.52. The predicted molar refractivity (Wildman–Crippen MR) is 102 cm³/mol. The molecule has 1 atom stereocenters. The maximum absolute atomic E-state index is 12.9. The molecule has 0 aliphatic carbocycles. The van der Waals surface area contributed by atoms with E-state index in [2.05, 4.69) is 9.62 Å². The van der Waals surface area contributed by atoms with E-state index in [1.807, 2.05) is 6.92 Å². The molecular formula is C19H28F3N3O2S. The third-order valence-electron chi connectivity index (χ3n) is 5.61. The van der Waals surface area contributed by atoms with Gasteiger partial charge in [-0.2, -0.15) is 30.6 Å². The van der Waals surface area contributed by atoms with E-state index >= 15 is 0 Å². The van der Waals surface area contributed by atoms with Crippen LogP contribution in [-0.4, -0.2) is 49.3 Å². The van der Waals surface area contributed by atoms with Gasteiger partial charge in [-0.05, 0) is 44.2 Å². The van der Waals surface area contributed by atoms with Crippen LogP contribution >= 0.6 is 0 Å². The Morgan fingerprint density at radius 2 is 1.82 bits per heavy atom. The summed E-state index contributed by atoms with van der Waals surface area (Å²) in [4.78, 5) is 2.07. The van der Waals surface area contributed by atoms with Crippen LogP contribution in [-0.2, 0) is 22.9 Å². The summed E-state index contributed by atoms with van der Waals surface area (Å²) in [6, 6.07) is 5.28. The Labute approximate surface area is 165 Å². The van der Waals surface area contributed by atoms with E-state index < -0.39 is 21.9 Å². The van der Waals surface area contributed by atoms with E-state index in [0.29, 0.717) is 44.6 Å². The Hall–Kier alpha value is -1.16. The van der Waals surface area contributed by atoms with E-state index in [0.717, 1.165) is 25.3 Å². The Morgan fingerprint density at radius 3 is 2.46 bits per heavy atom. The zero-order chi connectivity index (χ0) is 20.4. The maximum atomic E-state index is 12.9. The first-order valence-electron chi connectivity index (χ1n) is 9.83. The van der Waals surface area contributed by atoms with Gasteiger partial charge in [-0.1, -0.05) is 24.6 Å². The van der Waals surface area contributed by atoms with Crippen LogP contribution in [0.5, 0.6) is 0 Å². The lowest BCUT2D eigenvalue weighted by Gasteiger charge is -2.36. The lowest BCUT2D eigenvalue weighted by molar-refractivity contribution is -0.137. The molecule has 0 bridgehead atoms. The summed E-state index contributed by atoms with van der Waals surface area (Å²) < 4.78 is 68.3. The molecule has 1 aromatic carbocycles. The van der Waals surface area contributed by atoms with E-state index in [-0.39, 0.29) is 12.1 Å². The van der Waals surface area contributed by atoms with Gasteiger partial charge < -0.3 is 0 Å². The maximum Gasteiger partial charge on any atom is 0.416 e. The van der Waals surface area contributed by atoms with Gasteiger partial charge in [-0.15, -0.1) is 0 Å². The largest absolute Gasteiger partial charge is 0.416 e. The van der Waals surface area contributed by atoms with Crippen LogP contribution in [0, 0.1) is 0 Å². The van der Waals surface area contributed by atoms with Gasteiger partial charge in [0.05, 0.1) is 5.56 Å². The molecule has 0 saturated carbocycles. The molecule has 2 fully saturated rings. The molecule has 0 radical (unpaired) electrons. The van der Waals surface area contributed by atoms with Crippen molar-refractivity contribution in [2.24, 2.45) is 0 Å². The molecular weight excluding hydrogens is 391 g/mol. The molecule has 28 heavy (non-hydrogen) atoms. The highest BCUT2D eigenvalue weighted by atomic mass is 32.2. The molecule has 0 unspecified atom stereocenters. The summed E-state index contributed by atoms with van der Waals surface area (Å²) >= 11 is 0. The number of nitrogens with one attached hydrogen (secondary N) is 1. The summed E-state index contributed by atoms with van der Waals surface area (Å²) in [5.41, 5.74) is -0.0145. The van der Waals surface area contributed by atoms with Gasteiger partial charge in [0.1, 0.15) is 0 Å². The quantitative estimate of drug-likeness (QED) is 0.796. The summed E-state index contributed by atoms with van der Waals surface area (Å²) in [6.45, 7) is 4.24. The highest BCUT2D eigenvalue weighted by Crippen LogP contribution is 2.30. The summed E-state index contributed by atoms with van der Waals surface area (Å²) in [5.74, 6) is 0. The number of hydrogen-bond acceptors (Lipinski definition) is 3. The van der Waals surface area contributed by atoms with Gasteiger partial charge in [0, 0.05) is 38.3 Å². The number of hydrogen-bond donors (Lipinski definition) is 1. The number of benzene rings is 1. The van der Waals surface area contributed by atoms with Crippen LogP contribution in [0.2, 0.25) is 0 Å². The fourth-order valence-electron chi connectivity index (χ4n) is 4.02. The number of likely N-dealkylation sites (tertiary alicyclic amines) is 1. The highest BCUT2D eigenvalue weighted by Gasteiger charge is 2.33. The van der Waals surface area contributed by atoms with Crippen molar-refractivity contribution in [2.45, 2.75) is 63.8 Å². The van der Waals surface area contributed by atoms with Gasteiger partial charge in [0.15, 0.2) is 0 Å². The van der Waals surface area contributed by atoms with Gasteiger partial charge in [0.2, 0.25) is 0 Å². The van der Waals surface area contributed by atoms with E-state index in [4.69, 9.17) is 0 Å². The van der Waals surface area contributed by atoms with Gasteiger partial charge >= 0.3 is 6.18 Å². The molecule has 158 valence electrons. The zero-order valence-corrected chi connectivity index (χ0v) is 16.9. The molecule has 2 aliphatic heterocycles. The van der Waals surface area contributed by atoms with Crippen molar-refractivity contribution in [3.8, 4) is 0 Å². The highest BCUT2D eigenvalue weighted by molar-refractivity contribution is 7.87. The summed E-state index contributed by atoms with van der Waals surface area (Å²) in [7, 11) is -3.49. The fourth-order valence-corrected chi connectivity index (χ4v) is 5.76. The second-order valence-electron chi connectivity index (χ2n) is 7.83. The molecule has 1 aromatic rings. The van der Waals surface area contributed by atoms with Gasteiger partial charge in [0.25, 0.3) is 10.2 Å². The van der Waals surface area contributed by atoms with Crippen molar-refractivity contribution in [3.05, 3.63) is 35.4 Å². The lowest BCUT2D eigenvalue weighted by Crippen LogP contribution is -2.52. The van der Waals surface area contributed by atoms with Gasteiger partial charge in [-0.25, -0.2) is 0 Å². The monoisotopic (exact) mass is 419 g/mol. The Kier molecular flexibility index (Phi) is 6.69. The molecule has 2 aliphatic rings. The molecule has 0 aromatic heterocycles. The second-order valence-corrected chi connectivity index (χ2v) is 9.48. The van der Waals surface area contributed by atoms with E-state index in [9.17, 15) is 21.6 Å². The smallest absolute Gasteiger partial charge is 0.299 e. The molecule has 2 saturated heterocycles. The molecule has 9 heteroatoms. The lowest BCUT2D eigenvalue weighted by atomic mass is 10.0. The molecule has 0 amide bonds. The van der Waals surface area contributed by atoms with Crippen molar-refractivity contribution in [1.29, 1.82) is 0 Å². The summed E-state index contributed by atoms with van der Waals surface area (Å²) in [5, 5.41) is 0. The number of nitrogens with zero attached hydrogens (tertiary/aromatic N) is 2. The van der Waals surface area contributed by atoms with Crippen LogP contribution in [0.4, 0.5) is 13.2 Å². The zero-order valence-electron chi connectivity index (χ0n) is 16.1. The Bertz CT molecular complexity index is 762. The fraction of sp³-hybridized carbons (Fsp3) is 0.684. The number of rotatable bonds is 5. The topological polar surface area (TPSA) is 52.7 Å². The Morgan fingerprint density at radius 1 is 1.11 bits per heavy atom. The van der Waals surface area contributed by atoms with Crippen LogP contribution in [0.1, 0.15) is 50.2 Å². The minimum absolute atomic E-state index is 0.0206. The van der Waals surface area contributed by atoms with Crippen molar-refractivity contribution in [2.75, 3.05) is 19.6 Å². The standard InChI is InChI=1S/C19H28F3N3O2S/c1-15-5-2-3-10-25(15)28(26,27)23-18-8-11-24(12-9-18)14-16-6-4-7-17(13-16)19(20,21)22/h4,6-7,13,15,18,23H,2-3,5,8-12,14H2,1H3/t15-/m1/s1. The van der Waals surface area contributed by atoms with Crippen molar-refractivity contribution >= 4 is 10.2 Å². The van der Waals surface area contributed by atoms with E-state index in [1.165, 1.54) is 12.1 Å². The van der Waals surface area contributed by atoms with Crippen LogP contribution < -0.4 is 4.72 Å². The number of halogens is 3. The van der Waals surface area contributed by atoms with Crippen molar-refractivity contribution in [1.82, 2.24) is 13.9 Å². The molecule has 3 rings (SSSR count). The van der Waals surface area contributed by atoms with Crippen molar-refractivity contribution in [3.63, 3.8) is 0 Å².